The van der Waals surface area contributed by atoms with Crippen molar-refractivity contribution in [3.8, 4) is 6.07 Å². The molecule has 1 nitrogen and oxygen atoms in total. The lowest BCUT2D eigenvalue weighted by molar-refractivity contribution is 1.34. The van der Waals surface area contributed by atoms with Gasteiger partial charge < -0.3 is 0 Å². The van der Waals surface area contributed by atoms with Crippen molar-refractivity contribution < 1.29 is 0 Å². The number of thioether (sulfide) groups is 1. The third-order valence-corrected chi connectivity index (χ3v) is 4.11. The number of benzene rings is 2. The van der Waals surface area contributed by atoms with Gasteiger partial charge in [-0.2, -0.15) is 5.26 Å². The first-order chi connectivity index (χ1) is 8.69. The quantitative estimate of drug-likeness (QED) is 0.749. The van der Waals surface area contributed by atoms with Gasteiger partial charge in [-0.15, -0.1) is 11.8 Å². The molecule has 0 spiro atoms. The van der Waals surface area contributed by atoms with Crippen molar-refractivity contribution in [2.24, 2.45) is 0 Å². The first-order valence-corrected chi connectivity index (χ1v) is 6.93. The number of nitrogens with zero attached hydrogens (tertiary/aromatic N) is 1. The number of hydrogen-bond acceptors (Lipinski definition) is 2. The SMILES string of the molecule is Cc1cccc(CSc2ccc(C#N)cc2Cl)c1. The van der Waals surface area contributed by atoms with Crippen molar-refractivity contribution >= 4 is 23.4 Å². The van der Waals surface area contributed by atoms with Gasteiger partial charge in [-0.3, -0.25) is 0 Å². The summed E-state index contributed by atoms with van der Waals surface area (Å²) >= 11 is 7.82. The van der Waals surface area contributed by atoms with E-state index >= 15 is 0 Å². The topological polar surface area (TPSA) is 23.8 Å². The Kier molecular flexibility index (Phi) is 4.30. The van der Waals surface area contributed by atoms with Crippen LogP contribution in [0.25, 0.3) is 0 Å². The molecule has 0 saturated heterocycles. The van der Waals surface area contributed by atoms with Crippen molar-refractivity contribution in [3.05, 3.63) is 64.2 Å². The molecule has 0 heterocycles. The fourth-order valence-electron chi connectivity index (χ4n) is 1.65. The molecule has 0 saturated carbocycles. The maximum atomic E-state index is 8.78. The van der Waals surface area contributed by atoms with Crippen LogP contribution in [-0.2, 0) is 5.75 Å². The van der Waals surface area contributed by atoms with Gasteiger partial charge in [0.1, 0.15) is 0 Å². The van der Waals surface area contributed by atoms with Gasteiger partial charge >= 0.3 is 0 Å². The zero-order chi connectivity index (χ0) is 13.0. The van der Waals surface area contributed by atoms with Crippen LogP contribution < -0.4 is 0 Å². The Bertz CT molecular complexity index is 602. The van der Waals surface area contributed by atoms with E-state index in [9.17, 15) is 0 Å². The van der Waals surface area contributed by atoms with Crippen molar-refractivity contribution in [2.45, 2.75) is 17.6 Å². The molecule has 0 amide bonds. The van der Waals surface area contributed by atoms with Gasteiger partial charge in [-0.05, 0) is 30.7 Å². The van der Waals surface area contributed by atoms with E-state index in [0.29, 0.717) is 10.6 Å². The molecule has 0 atom stereocenters. The first kappa shape index (κ1) is 13.0. The summed E-state index contributed by atoms with van der Waals surface area (Å²) in [6.45, 7) is 2.09. The van der Waals surface area contributed by atoms with Crippen molar-refractivity contribution in [2.75, 3.05) is 0 Å². The normalized spacial score (nSPS) is 10.1. The second-order valence-corrected chi connectivity index (χ2v) is 5.46. The lowest BCUT2D eigenvalue weighted by Crippen LogP contribution is -1.83. The van der Waals surface area contributed by atoms with Crippen molar-refractivity contribution in [3.63, 3.8) is 0 Å². The molecule has 2 aromatic rings. The predicted molar refractivity (Wildman–Crippen MR) is 76.9 cm³/mol. The highest BCUT2D eigenvalue weighted by Crippen LogP contribution is 2.30. The largest absolute Gasteiger partial charge is 0.192 e. The van der Waals surface area contributed by atoms with Gasteiger partial charge in [0, 0.05) is 10.6 Å². The third kappa shape index (κ3) is 3.29. The Morgan fingerprint density at radius 2 is 2.06 bits per heavy atom. The maximum absolute atomic E-state index is 8.78. The molecule has 0 aliphatic heterocycles. The molecule has 0 aliphatic rings. The van der Waals surface area contributed by atoms with E-state index in [4.69, 9.17) is 16.9 Å². The molecule has 0 N–H and O–H groups in total. The summed E-state index contributed by atoms with van der Waals surface area (Å²) in [6.07, 6.45) is 0. The van der Waals surface area contributed by atoms with Gasteiger partial charge in [0.2, 0.25) is 0 Å². The predicted octanol–water partition coefficient (Wildman–Crippen LogP) is 4.81. The van der Waals surface area contributed by atoms with E-state index in [1.807, 2.05) is 6.07 Å². The minimum Gasteiger partial charge on any atom is -0.192 e. The van der Waals surface area contributed by atoms with Crippen LogP contribution in [0, 0.1) is 18.3 Å². The number of rotatable bonds is 3. The smallest absolute Gasteiger partial charge is 0.0992 e. The van der Waals surface area contributed by atoms with Gasteiger partial charge in [-0.25, -0.2) is 0 Å². The van der Waals surface area contributed by atoms with Crippen molar-refractivity contribution in [1.82, 2.24) is 0 Å². The standard InChI is InChI=1S/C15H12ClNS/c1-11-3-2-4-13(7-11)10-18-15-6-5-12(9-17)8-14(15)16/h2-8H,10H2,1H3. The molecule has 18 heavy (non-hydrogen) atoms. The van der Waals surface area contributed by atoms with E-state index in [1.54, 1.807) is 23.9 Å². The van der Waals surface area contributed by atoms with E-state index in [2.05, 4.69) is 37.3 Å². The van der Waals surface area contributed by atoms with Crippen LogP contribution in [0.2, 0.25) is 5.02 Å². The Morgan fingerprint density at radius 3 is 2.72 bits per heavy atom. The van der Waals surface area contributed by atoms with Crippen LogP contribution in [0.3, 0.4) is 0 Å². The summed E-state index contributed by atoms with van der Waals surface area (Å²) in [7, 11) is 0. The molecule has 0 radical (unpaired) electrons. The molecular formula is C15H12ClNS. The van der Waals surface area contributed by atoms with E-state index in [-0.39, 0.29) is 0 Å². The van der Waals surface area contributed by atoms with Crippen LogP contribution in [0.5, 0.6) is 0 Å². The average Bonchev–Trinajstić information content (AvgIpc) is 2.37. The monoisotopic (exact) mass is 273 g/mol. The second kappa shape index (κ2) is 5.95. The molecule has 0 fully saturated rings. The summed E-state index contributed by atoms with van der Waals surface area (Å²) in [5.74, 6) is 0.882. The third-order valence-electron chi connectivity index (χ3n) is 2.54. The summed E-state index contributed by atoms with van der Waals surface area (Å²) in [4.78, 5) is 1.01. The Balaban J connectivity index is 2.09. The van der Waals surface area contributed by atoms with Gasteiger partial charge in [0.25, 0.3) is 0 Å². The highest BCUT2D eigenvalue weighted by atomic mass is 35.5. The molecule has 3 heteroatoms. The van der Waals surface area contributed by atoms with Crippen LogP contribution in [0.4, 0.5) is 0 Å². The van der Waals surface area contributed by atoms with Crippen molar-refractivity contribution in [1.29, 1.82) is 5.26 Å². The molecular weight excluding hydrogens is 262 g/mol. The Labute approximate surface area is 116 Å². The van der Waals surface area contributed by atoms with E-state index in [1.165, 1.54) is 11.1 Å². The minimum atomic E-state index is 0.597. The van der Waals surface area contributed by atoms with Crippen LogP contribution in [-0.4, -0.2) is 0 Å². The second-order valence-electron chi connectivity index (χ2n) is 4.03. The highest BCUT2D eigenvalue weighted by Gasteiger charge is 2.03. The van der Waals surface area contributed by atoms with Crippen LogP contribution in [0.15, 0.2) is 47.4 Å². The van der Waals surface area contributed by atoms with Crippen LogP contribution >= 0.6 is 23.4 Å². The molecule has 0 aliphatic carbocycles. The molecule has 0 aromatic heterocycles. The van der Waals surface area contributed by atoms with E-state index in [0.717, 1.165) is 10.6 Å². The fourth-order valence-corrected chi connectivity index (χ4v) is 2.86. The zero-order valence-corrected chi connectivity index (χ0v) is 11.6. The molecule has 0 bridgehead atoms. The first-order valence-electron chi connectivity index (χ1n) is 5.57. The summed E-state index contributed by atoms with van der Waals surface area (Å²) in [5.41, 5.74) is 3.14. The Morgan fingerprint density at radius 1 is 1.22 bits per heavy atom. The fraction of sp³-hybridized carbons (Fsp3) is 0.133. The van der Waals surface area contributed by atoms with E-state index < -0.39 is 0 Å². The average molecular weight is 274 g/mol. The maximum Gasteiger partial charge on any atom is 0.0992 e. The minimum absolute atomic E-state index is 0.597. The Hall–Kier alpha value is -1.43. The summed E-state index contributed by atoms with van der Waals surface area (Å²) in [6, 6.07) is 15.9. The number of halogens is 1. The molecule has 90 valence electrons. The molecule has 0 unspecified atom stereocenters. The van der Waals surface area contributed by atoms with Gasteiger partial charge in [0.05, 0.1) is 16.7 Å². The van der Waals surface area contributed by atoms with Gasteiger partial charge in [-0.1, -0.05) is 41.4 Å². The lowest BCUT2D eigenvalue weighted by atomic mass is 10.2. The molecule has 2 rings (SSSR count). The summed E-state index contributed by atoms with van der Waals surface area (Å²) in [5, 5.41) is 9.42. The molecule has 2 aromatic carbocycles. The number of aryl methyl sites for hydroxylation is 1. The highest BCUT2D eigenvalue weighted by molar-refractivity contribution is 7.98. The number of nitriles is 1. The summed E-state index contributed by atoms with van der Waals surface area (Å²) < 4.78 is 0. The van der Waals surface area contributed by atoms with Crippen LogP contribution in [0.1, 0.15) is 16.7 Å². The number of hydrogen-bond donors (Lipinski definition) is 0. The zero-order valence-electron chi connectivity index (χ0n) is 9.98. The van der Waals surface area contributed by atoms with Gasteiger partial charge in [0.15, 0.2) is 0 Å². The lowest BCUT2D eigenvalue weighted by Gasteiger charge is -2.05.